The van der Waals surface area contributed by atoms with E-state index in [9.17, 15) is 5.11 Å². The second-order valence-corrected chi connectivity index (χ2v) is 7.70. The maximum absolute atomic E-state index is 10.6. The zero-order chi connectivity index (χ0) is 17.1. The topological polar surface area (TPSA) is 55.2 Å². The Hall–Kier alpha value is -1.98. The quantitative estimate of drug-likeness (QED) is 0.709. The molecule has 2 aromatic heterocycles. The van der Waals surface area contributed by atoms with Gasteiger partial charge in [-0.3, -0.25) is 0 Å². The second kappa shape index (κ2) is 7.50. The van der Waals surface area contributed by atoms with Gasteiger partial charge in [0.1, 0.15) is 27.7 Å². The van der Waals surface area contributed by atoms with Crippen LogP contribution in [-0.4, -0.2) is 15.1 Å². The lowest BCUT2D eigenvalue weighted by Crippen LogP contribution is -2.15. The van der Waals surface area contributed by atoms with Gasteiger partial charge in [-0.2, -0.15) is 0 Å². The maximum atomic E-state index is 10.6. The van der Waals surface area contributed by atoms with Crippen molar-refractivity contribution in [1.82, 2.24) is 9.97 Å². The van der Waals surface area contributed by atoms with E-state index in [-0.39, 0.29) is 6.10 Å². The summed E-state index contributed by atoms with van der Waals surface area (Å²) >= 11 is 1.56. The number of aliphatic hydroxyl groups excluding tert-OH is 1. The molecule has 0 spiro atoms. The summed E-state index contributed by atoms with van der Waals surface area (Å²) in [6.45, 7) is 0.436. The van der Waals surface area contributed by atoms with E-state index in [1.54, 1.807) is 17.5 Å². The van der Waals surface area contributed by atoms with E-state index in [4.69, 9.17) is 4.74 Å². The number of pyridine rings is 1. The highest BCUT2D eigenvalue weighted by Crippen LogP contribution is 2.34. The average molecular weight is 354 g/mol. The summed E-state index contributed by atoms with van der Waals surface area (Å²) in [5.41, 5.74) is 1.90. The number of hydrogen-bond donors (Lipinski definition) is 1. The minimum Gasteiger partial charge on any atom is -0.486 e. The Balaban J connectivity index is 1.38. The van der Waals surface area contributed by atoms with E-state index < -0.39 is 0 Å². The van der Waals surface area contributed by atoms with Crippen LogP contribution in [0.15, 0.2) is 42.6 Å². The van der Waals surface area contributed by atoms with Crippen molar-refractivity contribution in [2.45, 2.75) is 44.8 Å². The van der Waals surface area contributed by atoms with Crippen LogP contribution in [0.4, 0.5) is 0 Å². The van der Waals surface area contributed by atoms with Crippen molar-refractivity contribution in [3.63, 3.8) is 0 Å². The molecule has 3 aromatic rings. The van der Waals surface area contributed by atoms with Crippen molar-refractivity contribution < 1.29 is 9.84 Å². The Kier molecular flexibility index (Phi) is 4.95. The molecule has 1 aliphatic rings. The first-order valence-electron chi connectivity index (χ1n) is 8.91. The first-order valence-corrected chi connectivity index (χ1v) is 9.72. The van der Waals surface area contributed by atoms with Crippen molar-refractivity contribution in [1.29, 1.82) is 0 Å². The average Bonchev–Trinajstić information content (AvgIpc) is 3.10. The summed E-state index contributed by atoms with van der Waals surface area (Å²) in [5.74, 6) is 1.20. The number of rotatable bonds is 5. The number of fused-ring (bicyclic) bond motifs is 1. The monoisotopic (exact) mass is 354 g/mol. The summed E-state index contributed by atoms with van der Waals surface area (Å²) in [6.07, 6.45) is 7.46. The van der Waals surface area contributed by atoms with E-state index in [0.717, 1.165) is 39.5 Å². The SMILES string of the molecule is OC(c1ccc(OCc2nc3cccnc3s2)cc1)C1CCCCC1. The van der Waals surface area contributed by atoms with Crippen molar-refractivity contribution in [2.24, 2.45) is 5.92 Å². The van der Waals surface area contributed by atoms with Crippen molar-refractivity contribution in [3.05, 3.63) is 53.2 Å². The molecule has 130 valence electrons. The fourth-order valence-electron chi connectivity index (χ4n) is 3.50. The van der Waals surface area contributed by atoms with Gasteiger partial charge in [-0.05, 0) is 48.6 Å². The number of aromatic nitrogens is 2. The molecule has 4 nitrogen and oxygen atoms in total. The molecule has 0 saturated heterocycles. The van der Waals surface area contributed by atoms with Crippen LogP contribution in [0.2, 0.25) is 0 Å². The summed E-state index contributed by atoms with van der Waals surface area (Å²) in [6, 6.07) is 11.7. The summed E-state index contributed by atoms with van der Waals surface area (Å²) in [4.78, 5) is 9.77. The lowest BCUT2D eigenvalue weighted by atomic mass is 9.83. The number of hydrogen-bond acceptors (Lipinski definition) is 5. The Morgan fingerprint density at radius 3 is 2.68 bits per heavy atom. The van der Waals surface area contributed by atoms with Gasteiger partial charge in [0.2, 0.25) is 0 Å². The highest BCUT2D eigenvalue weighted by molar-refractivity contribution is 7.18. The lowest BCUT2D eigenvalue weighted by molar-refractivity contribution is 0.0848. The van der Waals surface area contributed by atoms with Crippen LogP contribution in [0.25, 0.3) is 10.3 Å². The van der Waals surface area contributed by atoms with Gasteiger partial charge in [0, 0.05) is 6.20 Å². The minimum atomic E-state index is -0.357. The van der Waals surface area contributed by atoms with Gasteiger partial charge in [-0.25, -0.2) is 9.97 Å². The zero-order valence-corrected chi connectivity index (χ0v) is 14.9. The molecule has 0 radical (unpaired) electrons. The molecule has 1 aromatic carbocycles. The van der Waals surface area contributed by atoms with Crippen molar-refractivity contribution >= 4 is 21.7 Å². The van der Waals surface area contributed by atoms with E-state index in [0.29, 0.717) is 12.5 Å². The summed E-state index contributed by atoms with van der Waals surface area (Å²) < 4.78 is 5.84. The van der Waals surface area contributed by atoms with Crippen molar-refractivity contribution in [3.8, 4) is 5.75 Å². The normalized spacial score (nSPS) is 16.8. The van der Waals surface area contributed by atoms with Crippen LogP contribution >= 0.6 is 11.3 Å². The van der Waals surface area contributed by atoms with E-state index in [1.807, 2.05) is 36.4 Å². The third-order valence-corrected chi connectivity index (χ3v) is 5.84. The molecule has 1 fully saturated rings. The zero-order valence-electron chi connectivity index (χ0n) is 14.1. The number of benzene rings is 1. The molecular weight excluding hydrogens is 332 g/mol. The molecular formula is C20H22N2O2S. The summed E-state index contributed by atoms with van der Waals surface area (Å²) in [5, 5.41) is 11.5. The number of ether oxygens (including phenoxy) is 1. The van der Waals surface area contributed by atoms with Gasteiger partial charge in [0.05, 0.1) is 6.10 Å². The van der Waals surface area contributed by atoms with Gasteiger partial charge >= 0.3 is 0 Å². The Bertz CT molecular complexity index is 792. The predicted octanol–water partition coefficient (Wildman–Crippen LogP) is 4.88. The van der Waals surface area contributed by atoms with Gasteiger partial charge in [-0.15, -0.1) is 0 Å². The van der Waals surface area contributed by atoms with Gasteiger partial charge in [0.25, 0.3) is 0 Å². The fourth-order valence-corrected chi connectivity index (χ4v) is 4.32. The molecule has 2 heterocycles. The third kappa shape index (κ3) is 3.83. The number of thiazole rings is 1. The van der Waals surface area contributed by atoms with Gasteiger partial charge in [-0.1, -0.05) is 42.7 Å². The highest BCUT2D eigenvalue weighted by Gasteiger charge is 2.22. The van der Waals surface area contributed by atoms with Crippen molar-refractivity contribution in [2.75, 3.05) is 0 Å². The van der Waals surface area contributed by atoms with Gasteiger partial charge < -0.3 is 9.84 Å². The molecule has 0 bridgehead atoms. The molecule has 25 heavy (non-hydrogen) atoms. The molecule has 0 aliphatic heterocycles. The molecule has 0 amide bonds. The van der Waals surface area contributed by atoms with E-state index in [2.05, 4.69) is 9.97 Å². The molecule has 5 heteroatoms. The van der Waals surface area contributed by atoms with Crippen LogP contribution in [0.5, 0.6) is 5.75 Å². The largest absolute Gasteiger partial charge is 0.486 e. The number of aliphatic hydroxyl groups is 1. The van der Waals surface area contributed by atoms with Gasteiger partial charge in [0.15, 0.2) is 0 Å². The standard InChI is InChI=1S/C20H22N2O2S/c23-19(14-5-2-1-3-6-14)15-8-10-16(11-9-15)24-13-18-22-17-7-4-12-21-20(17)25-18/h4,7-12,14,19,23H,1-3,5-6,13H2. The van der Waals surface area contributed by atoms with Crippen LogP contribution in [-0.2, 0) is 6.61 Å². The molecule has 1 N–H and O–H groups in total. The third-order valence-electron chi connectivity index (χ3n) is 4.89. The minimum absolute atomic E-state index is 0.357. The Labute approximate surface area is 151 Å². The first kappa shape index (κ1) is 16.5. The van der Waals surface area contributed by atoms with Crippen LogP contribution in [0.3, 0.4) is 0 Å². The molecule has 1 atom stereocenters. The summed E-state index contributed by atoms with van der Waals surface area (Å²) in [7, 11) is 0. The smallest absolute Gasteiger partial charge is 0.143 e. The Morgan fingerprint density at radius 1 is 1.12 bits per heavy atom. The maximum Gasteiger partial charge on any atom is 0.143 e. The number of nitrogens with zero attached hydrogens (tertiary/aromatic N) is 2. The molecule has 4 rings (SSSR count). The highest BCUT2D eigenvalue weighted by atomic mass is 32.1. The lowest BCUT2D eigenvalue weighted by Gasteiger charge is -2.26. The molecule has 1 saturated carbocycles. The van der Waals surface area contributed by atoms with E-state index in [1.165, 1.54) is 19.3 Å². The van der Waals surface area contributed by atoms with E-state index >= 15 is 0 Å². The first-order chi connectivity index (χ1) is 12.3. The van der Waals surface area contributed by atoms with Crippen LogP contribution in [0.1, 0.15) is 48.8 Å². The second-order valence-electron chi connectivity index (χ2n) is 6.64. The Morgan fingerprint density at radius 2 is 1.92 bits per heavy atom. The predicted molar refractivity (Wildman–Crippen MR) is 99.7 cm³/mol. The van der Waals surface area contributed by atoms with Crippen LogP contribution < -0.4 is 4.74 Å². The fraction of sp³-hybridized carbons (Fsp3) is 0.400. The molecule has 1 aliphatic carbocycles. The molecule has 1 unspecified atom stereocenters. The van der Waals surface area contributed by atoms with Crippen LogP contribution in [0, 0.1) is 5.92 Å².